The molecule has 0 radical (unpaired) electrons. The van der Waals surface area contributed by atoms with Gasteiger partial charge in [0.15, 0.2) is 0 Å². The molecular weight excluding hydrogens is 172 g/mol. The Balaban J connectivity index is 1.82. The standard InChI is InChI=1S/C12H22N2/c1-4-5-6-9-7-10(9)11-8-12(2,3)14-13-11/h8-10,13-14H,4-7H2,1-3H3. The molecule has 2 aliphatic rings. The van der Waals surface area contributed by atoms with Gasteiger partial charge in [-0.25, -0.2) is 5.43 Å². The number of hydrogen-bond acceptors (Lipinski definition) is 2. The van der Waals surface area contributed by atoms with E-state index in [0.717, 1.165) is 11.8 Å². The molecule has 0 aromatic heterocycles. The molecule has 2 N–H and O–H groups in total. The van der Waals surface area contributed by atoms with Crippen LogP contribution in [0, 0.1) is 11.8 Å². The van der Waals surface area contributed by atoms with Crippen molar-refractivity contribution < 1.29 is 0 Å². The van der Waals surface area contributed by atoms with Gasteiger partial charge in [0.05, 0.1) is 5.54 Å². The highest BCUT2D eigenvalue weighted by molar-refractivity contribution is 5.22. The molecule has 14 heavy (non-hydrogen) atoms. The van der Waals surface area contributed by atoms with Crippen LogP contribution in [0.25, 0.3) is 0 Å². The van der Waals surface area contributed by atoms with Crippen LogP contribution in [0.2, 0.25) is 0 Å². The Hall–Kier alpha value is -0.500. The highest BCUT2D eigenvalue weighted by Gasteiger charge is 2.41. The number of unbranched alkanes of at least 4 members (excludes halogenated alkanes) is 1. The second kappa shape index (κ2) is 3.58. The summed E-state index contributed by atoms with van der Waals surface area (Å²) in [7, 11) is 0. The molecule has 2 rings (SSSR count). The molecule has 80 valence electrons. The highest BCUT2D eigenvalue weighted by atomic mass is 15.4. The van der Waals surface area contributed by atoms with Crippen molar-refractivity contribution >= 4 is 0 Å². The fraction of sp³-hybridized carbons (Fsp3) is 0.833. The van der Waals surface area contributed by atoms with Gasteiger partial charge in [0.1, 0.15) is 0 Å². The first-order chi connectivity index (χ1) is 6.62. The van der Waals surface area contributed by atoms with Crippen LogP contribution >= 0.6 is 0 Å². The van der Waals surface area contributed by atoms with E-state index in [0.29, 0.717) is 0 Å². The topological polar surface area (TPSA) is 24.1 Å². The highest BCUT2D eigenvalue weighted by Crippen LogP contribution is 2.47. The zero-order chi connectivity index (χ0) is 10.2. The number of hydrogen-bond donors (Lipinski definition) is 2. The van der Waals surface area contributed by atoms with Crippen LogP contribution in [0.5, 0.6) is 0 Å². The van der Waals surface area contributed by atoms with Gasteiger partial charge >= 0.3 is 0 Å². The molecule has 1 aliphatic carbocycles. The van der Waals surface area contributed by atoms with Crippen molar-refractivity contribution in [2.24, 2.45) is 11.8 Å². The molecule has 0 saturated heterocycles. The number of hydrazine groups is 1. The fourth-order valence-electron chi connectivity index (χ4n) is 2.31. The van der Waals surface area contributed by atoms with Crippen molar-refractivity contribution in [3.63, 3.8) is 0 Å². The van der Waals surface area contributed by atoms with E-state index >= 15 is 0 Å². The van der Waals surface area contributed by atoms with Crippen molar-refractivity contribution in [1.29, 1.82) is 0 Å². The second-order valence-corrected chi connectivity index (χ2v) is 5.32. The van der Waals surface area contributed by atoms with Gasteiger partial charge in [-0.3, -0.25) is 0 Å². The van der Waals surface area contributed by atoms with E-state index in [1.807, 2.05) is 0 Å². The Morgan fingerprint density at radius 3 is 2.86 bits per heavy atom. The largest absolute Gasteiger partial charge is 0.325 e. The van der Waals surface area contributed by atoms with Gasteiger partial charge in [-0.05, 0) is 38.7 Å². The smallest absolute Gasteiger partial charge is 0.0514 e. The Kier molecular flexibility index (Phi) is 2.56. The molecular formula is C12H22N2. The second-order valence-electron chi connectivity index (χ2n) is 5.32. The van der Waals surface area contributed by atoms with Gasteiger partial charge in [0.2, 0.25) is 0 Å². The fourth-order valence-corrected chi connectivity index (χ4v) is 2.31. The lowest BCUT2D eigenvalue weighted by atomic mass is 10.0. The number of nitrogens with one attached hydrogen (secondary N) is 2. The molecule has 0 aromatic rings. The summed E-state index contributed by atoms with van der Waals surface area (Å²) in [4.78, 5) is 0. The lowest BCUT2D eigenvalue weighted by molar-refractivity contribution is 0.463. The molecule has 1 fully saturated rings. The minimum absolute atomic E-state index is 0.146. The van der Waals surface area contributed by atoms with Gasteiger partial charge in [0, 0.05) is 11.6 Å². The molecule has 2 heteroatoms. The van der Waals surface area contributed by atoms with Crippen LogP contribution in [0.15, 0.2) is 11.8 Å². The van der Waals surface area contributed by atoms with Crippen LogP contribution in [-0.2, 0) is 0 Å². The van der Waals surface area contributed by atoms with E-state index in [9.17, 15) is 0 Å². The first-order valence-corrected chi connectivity index (χ1v) is 5.88. The van der Waals surface area contributed by atoms with E-state index in [1.54, 1.807) is 0 Å². The van der Waals surface area contributed by atoms with Crippen molar-refractivity contribution in [2.75, 3.05) is 0 Å². The molecule has 0 amide bonds. The van der Waals surface area contributed by atoms with Crippen molar-refractivity contribution in [1.82, 2.24) is 10.9 Å². The monoisotopic (exact) mass is 194 g/mol. The third kappa shape index (κ3) is 2.11. The van der Waals surface area contributed by atoms with Crippen molar-refractivity contribution in [2.45, 2.75) is 52.0 Å². The summed E-state index contributed by atoms with van der Waals surface area (Å²) in [6.45, 7) is 6.68. The van der Waals surface area contributed by atoms with Gasteiger partial charge in [-0.2, -0.15) is 0 Å². The summed E-state index contributed by atoms with van der Waals surface area (Å²) in [6, 6.07) is 0. The Morgan fingerprint density at radius 2 is 2.29 bits per heavy atom. The Labute approximate surface area is 87.1 Å². The summed E-state index contributed by atoms with van der Waals surface area (Å²) in [5, 5.41) is 0. The molecule has 0 spiro atoms. The number of rotatable bonds is 4. The predicted molar refractivity (Wildman–Crippen MR) is 59.6 cm³/mol. The van der Waals surface area contributed by atoms with Gasteiger partial charge < -0.3 is 5.43 Å². The van der Waals surface area contributed by atoms with Gasteiger partial charge in [-0.1, -0.05) is 19.8 Å². The van der Waals surface area contributed by atoms with E-state index in [1.165, 1.54) is 31.4 Å². The third-order valence-electron chi connectivity index (χ3n) is 3.30. The Bertz CT molecular complexity index is 243. The normalized spacial score (nSPS) is 33.8. The maximum absolute atomic E-state index is 3.33. The molecule has 1 saturated carbocycles. The van der Waals surface area contributed by atoms with Gasteiger partial charge in [0.25, 0.3) is 0 Å². The van der Waals surface area contributed by atoms with Crippen LogP contribution in [0.3, 0.4) is 0 Å². The number of allylic oxidation sites excluding steroid dienone is 1. The molecule has 1 aliphatic heterocycles. The molecule has 2 nitrogen and oxygen atoms in total. The van der Waals surface area contributed by atoms with Crippen LogP contribution in [-0.4, -0.2) is 5.54 Å². The third-order valence-corrected chi connectivity index (χ3v) is 3.30. The minimum atomic E-state index is 0.146. The van der Waals surface area contributed by atoms with Crippen molar-refractivity contribution in [3.05, 3.63) is 11.8 Å². The minimum Gasteiger partial charge on any atom is -0.325 e. The lowest BCUT2D eigenvalue weighted by Crippen LogP contribution is -2.39. The lowest BCUT2D eigenvalue weighted by Gasteiger charge is -2.13. The van der Waals surface area contributed by atoms with E-state index in [2.05, 4.69) is 37.7 Å². The quantitative estimate of drug-likeness (QED) is 0.719. The molecule has 0 aromatic carbocycles. The Morgan fingerprint density at radius 1 is 1.50 bits per heavy atom. The van der Waals surface area contributed by atoms with E-state index < -0.39 is 0 Å². The van der Waals surface area contributed by atoms with E-state index in [4.69, 9.17) is 0 Å². The van der Waals surface area contributed by atoms with Gasteiger partial charge in [-0.15, -0.1) is 0 Å². The molecule has 0 bridgehead atoms. The summed E-state index contributed by atoms with van der Waals surface area (Å²) in [6.07, 6.45) is 7.89. The predicted octanol–water partition coefficient (Wildman–Crippen LogP) is 2.58. The van der Waals surface area contributed by atoms with Crippen LogP contribution in [0.1, 0.15) is 46.5 Å². The average molecular weight is 194 g/mol. The van der Waals surface area contributed by atoms with E-state index in [-0.39, 0.29) is 5.54 Å². The zero-order valence-corrected chi connectivity index (χ0v) is 9.56. The first kappa shape index (κ1) is 10.0. The summed E-state index contributed by atoms with van der Waals surface area (Å²) in [5.74, 6) is 1.79. The maximum atomic E-state index is 3.33. The summed E-state index contributed by atoms with van der Waals surface area (Å²) < 4.78 is 0. The van der Waals surface area contributed by atoms with Crippen molar-refractivity contribution in [3.8, 4) is 0 Å². The van der Waals surface area contributed by atoms with Crippen LogP contribution in [0.4, 0.5) is 0 Å². The van der Waals surface area contributed by atoms with Crippen LogP contribution < -0.4 is 10.9 Å². The summed E-state index contributed by atoms with van der Waals surface area (Å²) in [5.41, 5.74) is 8.21. The molecule has 2 atom stereocenters. The zero-order valence-electron chi connectivity index (χ0n) is 9.56. The summed E-state index contributed by atoms with van der Waals surface area (Å²) >= 11 is 0. The maximum Gasteiger partial charge on any atom is 0.0514 e. The first-order valence-electron chi connectivity index (χ1n) is 5.88. The molecule has 2 unspecified atom stereocenters. The SMILES string of the molecule is CCCCC1CC1C1=CC(C)(C)NN1. The molecule has 1 heterocycles. The average Bonchev–Trinajstić information content (AvgIpc) is 2.81.